The molecule has 0 saturated heterocycles. The largest absolute Gasteiger partial charge is 0.493 e. The van der Waals surface area contributed by atoms with E-state index in [1.807, 2.05) is 41.2 Å². The number of ether oxygens (including phenoxy) is 1. The number of hydrogen-bond donors (Lipinski definition) is 3. The Labute approximate surface area is 245 Å². The number of H-pyrrole nitrogens is 1. The third-order valence-corrected chi connectivity index (χ3v) is 8.34. The third-order valence-electron chi connectivity index (χ3n) is 7.20. The molecule has 0 unspecified atom stereocenters. The van der Waals surface area contributed by atoms with Crippen LogP contribution in [0.15, 0.2) is 103 Å². The van der Waals surface area contributed by atoms with Crippen LogP contribution in [-0.2, 0) is 13.0 Å². The van der Waals surface area contributed by atoms with Crippen molar-refractivity contribution >= 4 is 39.0 Å². The number of rotatable bonds is 9. The number of thiophene rings is 1. The van der Waals surface area contributed by atoms with Crippen LogP contribution in [0.25, 0.3) is 42.9 Å². The quantitative estimate of drug-likeness (QED) is 0.133. The monoisotopic (exact) mass is 569 g/mol. The van der Waals surface area contributed by atoms with Crippen molar-refractivity contribution in [1.29, 1.82) is 5.41 Å². The van der Waals surface area contributed by atoms with Gasteiger partial charge in [0.05, 0.1) is 34.8 Å². The number of aromatic nitrogens is 5. The minimum Gasteiger partial charge on any atom is -0.493 e. The van der Waals surface area contributed by atoms with Crippen LogP contribution in [0.1, 0.15) is 16.8 Å². The van der Waals surface area contributed by atoms with Gasteiger partial charge in [-0.05, 0) is 76.5 Å². The summed E-state index contributed by atoms with van der Waals surface area (Å²) in [6.45, 7) is 1.20. The van der Waals surface area contributed by atoms with Gasteiger partial charge in [-0.15, -0.1) is 16.4 Å². The molecule has 4 N–H and O–H groups in total. The van der Waals surface area contributed by atoms with Gasteiger partial charge in [-0.2, -0.15) is 0 Å². The summed E-state index contributed by atoms with van der Waals surface area (Å²) in [5, 5.41) is 18.8. The zero-order valence-corrected chi connectivity index (χ0v) is 23.4. The van der Waals surface area contributed by atoms with Gasteiger partial charge in [0.2, 0.25) is 0 Å². The van der Waals surface area contributed by atoms with Gasteiger partial charge in [-0.3, -0.25) is 5.41 Å². The first-order valence-electron chi connectivity index (χ1n) is 13.6. The SMILES string of the molecule is N=C(N)c1ccc2nc(-c3ccc(-c4ccc(OCCc5cn(Cc6cccc7ccccc67)nn5)cc4)s3)[nH]c2c1. The van der Waals surface area contributed by atoms with E-state index in [9.17, 15) is 0 Å². The maximum absolute atomic E-state index is 7.66. The van der Waals surface area contributed by atoms with Crippen LogP contribution in [0.4, 0.5) is 0 Å². The number of nitrogens with zero attached hydrogens (tertiary/aromatic N) is 4. The molecule has 0 radical (unpaired) electrons. The summed E-state index contributed by atoms with van der Waals surface area (Å²) in [6.07, 6.45) is 2.67. The van der Waals surface area contributed by atoms with E-state index in [0.29, 0.717) is 25.1 Å². The maximum atomic E-state index is 7.66. The van der Waals surface area contributed by atoms with E-state index in [-0.39, 0.29) is 5.84 Å². The molecule has 0 bridgehead atoms. The van der Waals surface area contributed by atoms with E-state index in [0.717, 1.165) is 43.6 Å². The molecule has 9 heteroatoms. The normalized spacial score (nSPS) is 11.3. The van der Waals surface area contributed by atoms with Crippen LogP contribution in [0, 0.1) is 5.41 Å². The number of nitrogens with two attached hydrogens (primary N) is 1. The molecule has 0 aliphatic rings. The number of nitrogen functional groups attached to an aromatic ring is 1. The molecule has 0 aliphatic carbocycles. The summed E-state index contributed by atoms with van der Waals surface area (Å²) < 4.78 is 7.89. The van der Waals surface area contributed by atoms with Gasteiger partial charge < -0.3 is 15.5 Å². The first-order chi connectivity index (χ1) is 20.6. The smallest absolute Gasteiger partial charge is 0.148 e. The third kappa shape index (κ3) is 5.25. The lowest BCUT2D eigenvalue weighted by Gasteiger charge is -2.06. The molecule has 3 aromatic heterocycles. The molecule has 8 nitrogen and oxygen atoms in total. The molecular formula is C33H27N7OS. The number of nitrogens with one attached hydrogen (secondary N) is 2. The Kier molecular flexibility index (Phi) is 6.69. The fourth-order valence-electron chi connectivity index (χ4n) is 5.04. The summed E-state index contributed by atoms with van der Waals surface area (Å²) in [4.78, 5) is 10.2. The van der Waals surface area contributed by atoms with E-state index in [1.54, 1.807) is 11.3 Å². The van der Waals surface area contributed by atoms with Crippen molar-refractivity contribution in [3.05, 3.63) is 120 Å². The average molecular weight is 570 g/mol. The van der Waals surface area contributed by atoms with Crippen molar-refractivity contribution in [3.63, 3.8) is 0 Å². The predicted octanol–water partition coefficient (Wildman–Crippen LogP) is 6.66. The number of aromatic amines is 1. The van der Waals surface area contributed by atoms with E-state index in [1.165, 1.54) is 16.3 Å². The van der Waals surface area contributed by atoms with Crippen molar-refractivity contribution in [3.8, 4) is 26.9 Å². The standard InChI is InChI=1S/C33H27N7OS/c34-32(35)23-10-13-28-29(18-23)37-33(36-28)31-15-14-30(42-31)22-8-11-26(12-9-22)41-17-16-25-20-40(39-38-25)19-24-6-3-5-21-4-1-2-7-27(21)24/h1-15,18,20H,16-17,19H2,(H3,34,35)(H,36,37). The van der Waals surface area contributed by atoms with E-state index in [4.69, 9.17) is 20.9 Å². The molecule has 7 rings (SSSR count). The second kappa shape index (κ2) is 10.9. The van der Waals surface area contributed by atoms with Gasteiger partial charge in [0, 0.05) is 23.1 Å². The summed E-state index contributed by atoms with van der Waals surface area (Å²) in [5.41, 5.74) is 11.3. The van der Waals surface area contributed by atoms with E-state index < -0.39 is 0 Å². The van der Waals surface area contributed by atoms with Gasteiger partial charge >= 0.3 is 0 Å². The predicted molar refractivity (Wildman–Crippen MR) is 168 cm³/mol. The maximum Gasteiger partial charge on any atom is 0.148 e. The molecule has 42 heavy (non-hydrogen) atoms. The van der Waals surface area contributed by atoms with E-state index in [2.05, 4.69) is 82.0 Å². The molecule has 7 aromatic rings. The van der Waals surface area contributed by atoms with Crippen LogP contribution in [0.3, 0.4) is 0 Å². The highest BCUT2D eigenvalue weighted by molar-refractivity contribution is 7.18. The van der Waals surface area contributed by atoms with Crippen molar-refractivity contribution in [1.82, 2.24) is 25.0 Å². The topological polar surface area (TPSA) is 118 Å². The Bertz CT molecular complexity index is 2030. The fraction of sp³-hybridized carbons (Fsp3) is 0.0909. The van der Waals surface area contributed by atoms with Crippen molar-refractivity contribution in [2.24, 2.45) is 5.73 Å². The number of benzene rings is 4. The van der Waals surface area contributed by atoms with Crippen LogP contribution in [-0.4, -0.2) is 37.4 Å². The van der Waals surface area contributed by atoms with Crippen molar-refractivity contribution in [2.45, 2.75) is 13.0 Å². The van der Waals surface area contributed by atoms with E-state index >= 15 is 0 Å². The Balaban J connectivity index is 0.960. The van der Waals surface area contributed by atoms with Gasteiger partial charge in [-0.1, -0.05) is 47.7 Å². The summed E-state index contributed by atoms with van der Waals surface area (Å²) in [6, 6.07) is 32.6. The number of hydrogen-bond acceptors (Lipinski definition) is 6. The Morgan fingerprint density at radius 1 is 0.929 bits per heavy atom. The molecule has 0 atom stereocenters. The first-order valence-corrected chi connectivity index (χ1v) is 14.4. The highest BCUT2D eigenvalue weighted by Gasteiger charge is 2.11. The summed E-state index contributed by atoms with van der Waals surface area (Å²) in [5.74, 6) is 1.66. The Hall–Kier alpha value is -5.28. The van der Waals surface area contributed by atoms with Crippen molar-refractivity contribution < 1.29 is 4.74 Å². The molecular weight excluding hydrogens is 542 g/mol. The van der Waals surface area contributed by atoms with Crippen LogP contribution >= 0.6 is 11.3 Å². The van der Waals surface area contributed by atoms with Gasteiger partial charge in [0.1, 0.15) is 17.4 Å². The lowest BCUT2D eigenvalue weighted by Crippen LogP contribution is -2.10. The second-order valence-electron chi connectivity index (χ2n) is 10.1. The molecule has 0 spiro atoms. The molecule has 0 saturated carbocycles. The van der Waals surface area contributed by atoms with Crippen LogP contribution in [0.5, 0.6) is 5.75 Å². The van der Waals surface area contributed by atoms with Crippen molar-refractivity contribution in [2.75, 3.05) is 6.61 Å². The van der Waals surface area contributed by atoms with Gasteiger partial charge in [0.15, 0.2) is 0 Å². The molecule has 0 amide bonds. The van der Waals surface area contributed by atoms with Gasteiger partial charge in [0.25, 0.3) is 0 Å². The van der Waals surface area contributed by atoms with Crippen LogP contribution in [0.2, 0.25) is 0 Å². The fourth-order valence-corrected chi connectivity index (χ4v) is 5.99. The zero-order chi connectivity index (χ0) is 28.5. The number of imidazole rings is 1. The Morgan fingerprint density at radius 3 is 2.64 bits per heavy atom. The number of fused-ring (bicyclic) bond motifs is 2. The Morgan fingerprint density at radius 2 is 1.76 bits per heavy atom. The molecule has 0 aliphatic heterocycles. The molecule has 206 valence electrons. The minimum atomic E-state index is 0.0411. The van der Waals surface area contributed by atoms with Gasteiger partial charge in [-0.25, -0.2) is 9.67 Å². The highest BCUT2D eigenvalue weighted by Crippen LogP contribution is 2.34. The highest BCUT2D eigenvalue weighted by atomic mass is 32.1. The molecule has 0 fully saturated rings. The minimum absolute atomic E-state index is 0.0411. The lowest BCUT2D eigenvalue weighted by molar-refractivity contribution is 0.320. The second-order valence-corrected chi connectivity index (χ2v) is 11.1. The zero-order valence-electron chi connectivity index (χ0n) is 22.6. The summed E-state index contributed by atoms with van der Waals surface area (Å²) in [7, 11) is 0. The number of amidine groups is 1. The lowest BCUT2D eigenvalue weighted by atomic mass is 10.0. The average Bonchev–Trinajstić information content (AvgIpc) is 3.77. The summed E-state index contributed by atoms with van der Waals surface area (Å²) >= 11 is 1.67. The van der Waals surface area contributed by atoms with Crippen LogP contribution < -0.4 is 10.5 Å². The first kappa shape index (κ1) is 25.7. The molecule has 3 heterocycles. The molecule has 4 aromatic carbocycles.